The molecule has 0 saturated heterocycles. The quantitative estimate of drug-likeness (QED) is 0.799. The summed E-state index contributed by atoms with van der Waals surface area (Å²) in [6.45, 7) is 6.66. The SMILES string of the molecule is CCCOc1ccccc1C(=O)NC(=S)Nc1ccc(C)c(C)c1. The number of carbonyl (C=O) groups excluding carboxylic acids is 1. The second kappa shape index (κ2) is 8.45. The van der Waals surface area contributed by atoms with Crippen LogP contribution in [0.15, 0.2) is 42.5 Å². The van der Waals surface area contributed by atoms with Gasteiger partial charge in [0, 0.05) is 5.69 Å². The van der Waals surface area contributed by atoms with Crippen LogP contribution >= 0.6 is 12.2 Å². The van der Waals surface area contributed by atoms with Crippen LogP contribution in [0.3, 0.4) is 0 Å². The van der Waals surface area contributed by atoms with E-state index in [1.54, 1.807) is 18.2 Å². The van der Waals surface area contributed by atoms with E-state index in [9.17, 15) is 4.79 Å². The maximum absolute atomic E-state index is 12.4. The van der Waals surface area contributed by atoms with Crippen LogP contribution in [-0.4, -0.2) is 17.6 Å². The number of para-hydroxylation sites is 1. The Morgan fingerprint density at radius 1 is 1.12 bits per heavy atom. The van der Waals surface area contributed by atoms with Crippen molar-refractivity contribution < 1.29 is 9.53 Å². The Labute approximate surface area is 148 Å². The topological polar surface area (TPSA) is 50.4 Å². The molecule has 2 rings (SSSR count). The van der Waals surface area contributed by atoms with Crippen molar-refractivity contribution in [2.24, 2.45) is 0 Å². The maximum Gasteiger partial charge on any atom is 0.261 e. The van der Waals surface area contributed by atoms with Crippen LogP contribution in [0.25, 0.3) is 0 Å². The number of anilines is 1. The molecule has 24 heavy (non-hydrogen) atoms. The Bertz CT molecular complexity index is 744. The predicted molar refractivity (Wildman–Crippen MR) is 102 cm³/mol. The molecular formula is C19H22N2O2S. The number of ether oxygens (including phenoxy) is 1. The molecule has 0 spiro atoms. The lowest BCUT2D eigenvalue weighted by Gasteiger charge is -2.13. The van der Waals surface area contributed by atoms with Crippen LogP contribution in [0.2, 0.25) is 0 Å². The first-order chi connectivity index (χ1) is 11.5. The number of hydrogen-bond acceptors (Lipinski definition) is 3. The van der Waals surface area contributed by atoms with E-state index in [4.69, 9.17) is 17.0 Å². The maximum atomic E-state index is 12.4. The van der Waals surface area contributed by atoms with Gasteiger partial charge in [-0.2, -0.15) is 0 Å². The number of carbonyl (C=O) groups is 1. The van der Waals surface area contributed by atoms with Gasteiger partial charge in [0.25, 0.3) is 5.91 Å². The molecule has 0 fully saturated rings. The molecule has 5 heteroatoms. The Kier molecular flexibility index (Phi) is 6.32. The van der Waals surface area contributed by atoms with Crippen molar-refractivity contribution in [3.05, 3.63) is 59.2 Å². The molecule has 0 heterocycles. The van der Waals surface area contributed by atoms with Crippen LogP contribution in [-0.2, 0) is 0 Å². The van der Waals surface area contributed by atoms with E-state index < -0.39 is 0 Å². The summed E-state index contributed by atoms with van der Waals surface area (Å²) in [6, 6.07) is 13.1. The summed E-state index contributed by atoms with van der Waals surface area (Å²) in [6.07, 6.45) is 0.878. The molecule has 0 radical (unpaired) electrons. The molecule has 0 aliphatic carbocycles. The molecule has 0 saturated carbocycles. The summed E-state index contributed by atoms with van der Waals surface area (Å²) >= 11 is 5.24. The molecule has 2 aromatic carbocycles. The van der Waals surface area contributed by atoms with Crippen LogP contribution < -0.4 is 15.4 Å². The molecule has 2 aromatic rings. The van der Waals surface area contributed by atoms with Crippen molar-refractivity contribution in [1.29, 1.82) is 0 Å². The second-order valence-corrected chi connectivity index (χ2v) is 5.96. The molecule has 2 N–H and O–H groups in total. The van der Waals surface area contributed by atoms with Gasteiger partial charge in [-0.15, -0.1) is 0 Å². The summed E-state index contributed by atoms with van der Waals surface area (Å²) in [5.74, 6) is 0.272. The summed E-state index contributed by atoms with van der Waals surface area (Å²) < 4.78 is 5.61. The summed E-state index contributed by atoms with van der Waals surface area (Å²) in [7, 11) is 0. The summed E-state index contributed by atoms with van der Waals surface area (Å²) in [5, 5.41) is 5.99. The van der Waals surface area contributed by atoms with Gasteiger partial charge in [-0.25, -0.2) is 0 Å². The zero-order chi connectivity index (χ0) is 17.5. The fourth-order valence-electron chi connectivity index (χ4n) is 2.14. The first-order valence-electron chi connectivity index (χ1n) is 7.92. The first kappa shape index (κ1) is 17.9. The van der Waals surface area contributed by atoms with Crippen LogP contribution in [0.5, 0.6) is 5.75 Å². The highest BCUT2D eigenvalue weighted by Crippen LogP contribution is 2.18. The average Bonchev–Trinajstić information content (AvgIpc) is 2.56. The highest BCUT2D eigenvalue weighted by Gasteiger charge is 2.13. The Morgan fingerprint density at radius 3 is 2.58 bits per heavy atom. The molecule has 0 bridgehead atoms. The molecule has 0 aromatic heterocycles. The predicted octanol–water partition coefficient (Wildman–Crippen LogP) is 4.22. The summed E-state index contributed by atoms with van der Waals surface area (Å²) in [5.41, 5.74) is 3.68. The van der Waals surface area contributed by atoms with E-state index in [0.717, 1.165) is 17.7 Å². The van der Waals surface area contributed by atoms with Crippen molar-refractivity contribution in [2.75, 3.05) is 11.9 Å². The van der Waals surface area contributed by atoms with Gasteiger partial charge >= 0.3 is 0 Å². The molecule has 0 atom stereocenters. The average molecular weight is 342 g/mol. The number of amides is 1. The largest absolute Gasteiger partial charge is 0.493 e. The lowest BCUT2D eigenvalue weighted by molar-refractivity contribution is 0.0973. The van der Waals surface area contributed by atoms with E-state index in [2.05, 4.69) is 10.6 Å². The fraction of sp³-hybridized carbons (Fsp3) is 0.263. The van der Waals surface area contributed by atoms with Gasteiger partial charge in [-0.1, -0.05) is 25.1 Å². The number of rotatable bonds is 5. The highest BCUT2D eigenvalue weighted by atomic mass is 32.1. The van der Waals surface area contributed by atoms with Gasteiger partial charge < -0.3 is 10.1 Å². The second-order valence-electron chi connectivity index (χ2n) is 5.55. The van der Waals surface area contributed by atoms with Gasteiger partial charge in [0.1, 0.15) is 5.75 Å². The minimum atomic E-state index is -0.289. The smallest absolute Gasteiger partial charge is 0.261 e. The molecule has 4 nitrogen and oxygen atoms in total. The van der Waals surface area contributed by atoms with Crippen molar-refractivity contribution in [2.45, 2.75) is 27.2 Å². The lowest BCUT2D eigenvalue weighted by atomic mass is 10.1. The third-order valence-corrected chi connectivity index (χ3v) is 3.79. The molecular weight excluding hydrogens is 320 g/mol. The number of hydrogen-bond donors (Lipinski definition) is 2. The third-order valence-electron chi connectivity index (χ3n) is 3.59. The fourth-order valence-corrected chi connectivity index (χ4v) is 2.35. The van der Waals surface area contributed by atoms with Crippen molar-refractivity contribution >= 4 is 28.9 Å². The monoisotopic (exact) mass is 342 g/mol. The van der Waals surface area contributed by atoms with E-state index in [-0.39, 0.29) is 11.0 Å². The Balaban J connectivity index is 2.03. The zero-order valence-electron chi connectivity index (χ0n) is 14.2. The lowest BCUT2D eigenvalue weighted by Crippen LogP contribution is -2.34. The zero-order valence-corrected chi connectivity index (χ0v) is 15.0. The molecule has 126 valence electrons. The number of nitrogens with one attached hydrogen (secondary N) is 2. The van der Waals surface area contributed by atoms with Gasteiger partial charge in [-0.05, 0) is 67.9 Å². The molecule has 0 unspecified atom stereocenters. The van der Waals surface area contributed by atoms with Crippen molar-refractivity contribution in [1.82, 2.24) is 5.32 Å². The number of benzene rings is 2. The first-order valence-corrected chi connectivity index (χ1v) is 8.33. The van der Waals surface area contributed by atoms with E-state index in [1.165, 1.54) is 5.56 Å². The van der Waals surface area contributed by atoms with Crippen LogP contribution in [0, 0.1) is 13.8 Å². The van der Waals surface area contributed by atoms with Crippen molar-refractivity contribution in [3.8, 4) is 5.75 Å². The number of aryl methyl sites for hydroxylation is 2. The number of thiocarbonyl (C=S) groups is 1. The molecule has 1 amide bonds. The third kappa shape index (κ3) is 4.80. The minimum Gasteiger partial charge on any atom is -0.493 e. The normalized spacial score (nSPS) is 10.1. The standard InChI is InChI=1S/C19H22N2O2S/c1-4-11-23-17-8-6-5-7-16(17)18(22)21-19(24)20-15-10-9-13(2)14(3)12-15/h5-10,12H,4,11H2,1-3H3,(H2,20,21,22,24). The Hall–Kier alpha value is -2.40. The van der Waals surface area contributed by atoms with E-state index in [0.29, 0.717) is 17.9 Å². The molecule has 0 aliphatic heterocycles. The highest BCUT2D eigenvalue weighted by molar-refractivity contribution is 7.80. The van der Waals surface area contributed by atoms with Gasteiger partial charge in [0.15, 0.2) is 5.11 Å². The summed E-state index contributed by atoms with van der Waals surface area (Å²) in [4.78, 5) is 12.4. The minimum absolute atomic E-state index is 0.258. The Morgan fingerprint density at radius 2 is 1.88 bits per heavy atom. The van der Waals surface area contributed by atoms with Crippen molar-refractivity contribution in [3.63, 3.8) is 0 Å². The van der Waals surface area contributed by atoms with E-state index >= 15 is 0 Å². The van der Waals surface area contributed by atoms with Gasteiger partial charge in [-0.3, -0.25) is 10.1 Å². The molecule has 0 aliphatic rings. The van der Waals surface area contributed by atoms with Crippen LogP contribution in [0.1, 0.15) is 34.8 Å². The van der Waals surface area contributed by atoms with Gasteiger partial charge in [0.2, 0.25) is 0 Å². The van der Waals surface area contributed by atoms with Gasteiger partial charge in [0.05, 0.1) is 12.2 Å². The van der Waals surface area contributed by atoms with Crippen LogP contribution in [0.4, 0.5) is 5.69 Å². The van der Waals surface area contributed by atoms with E-state index in [1.807, 2.05) is 45.0 Å².